The van der Waals surface area contributed by atoms with Crippen molar-refractivity contribution in [2.45, 2.75) is 51.9 Å². The number of halogens is 5. The molecule has 38 heavy (non-hydrogen) atoms. The lowest BCUT2D eigenvalue weighted by atomic mass is 9.96. The van der Waals surface area contributed by atoms with Crippen LogP contribution in [-0.2, 0) is 19.4 Å². The number of alkyl halides is 3. The summed E-state index contributed by atoms with van der Waals surface area (Å²) in [6, 6.07) is 8.89. The van der Waals surface area contributed by atoms with Crippen molar-refractivity contribution in [2.24, 2.45) is 0 Å². The van der Waals surface area contributed by atoms with E-state index in [9.17, 15) is 22.0 Å². The van der Waals surface area contributed by atoms with Gasteiger partial charge in [-0.25, -0.2) is 18.7 Å². The summed E-state index contributed by atoms with van der Waals surface area (Å²) in [6.45, 7) is 6.00. The maximum atomic E-state index is 15.0. The summed E-state index contributed by atoms with van der Waals surface area (Å²) in [6.07, 6.45) is -2.89. The van der Waals surface area contributed by atoms with E-state index in [2.05, 4.69) is 9.97 Å². The molecular formula is C28H29F5N4O. The van der Waals surface area contributed by atoms with Crippen molar-refractivity contribution in [1.29, 1.82) is 0 Å². The fraction of sp³-hybridized carbons (Fsp3) is 0.429. The number of benzene rings is 2. The summed E-state index contributed by atoms with van der Waals surface area (Å²) >= 11 is 0. The Kier molecular flexibility index (Phi) is 7.26. The van der Waals surface area contributed by atoms with Gasteiger partial charge in [0.1, 0.15) is 18.1 Å². The fourth-order valence-electron chi connectivity index (χ4n) is 5.10. The summed E-state index contributed by atoms with van der Waals surface area (Å²) in [5, 5.41) is 0. The van der Waals surface area contributed by atoms with E-state index >= 15 is 0 Å². The van der Waals surface area contributed by atoms with Crippen molar-refractivity contribution in [2.75, 3.05) is 31.1 Å². The minimum atomic E-state index is -4.16. The smallest absolute Gasteiger partial charge is 0.390 e. The molecule has 0 radical (unpaired) electrons. The number of hydrogen-bond donors (Lipinski definition) is 0. The van der Waals surface area contributed by atoms with Gasteiger partial charge in [-0.15, -0.1) is 0 Å². The maximum absolute atomic E-state index is 15.0. The van der Waals surface area contributed by atoms with Gasteiger partial charge in [-0.2, -0.15) is 13.2 Å². The van der Waals surface area contributed by atoms with E-state index in [4.69, 9.17) is 4.74 Å². The quantitative estimate of drug-likeness (QED) is 0.368. The Balaban J connectivity index is 1.36. The first-order valence-corrected chi connectivity index (χ1v) is 12.7. The lowest BCUT2D eigenvalue weighted by Gasteiger charge is -2.34. The van der Waals surface area contributed by atoms with Crippen molar-refractivity contribution >= 4 is 5.69 Å². The van der Waals surface area contributed by atoms with Crippen LogP contribution in [0, 0.1) is 11.6 Å². The SMILES string of the molecule is CC(C)N1CCOc2c(F)cc(-c3nc(Cc4ccc5c(c4)CCN(CCC(F)(F)F)C5)ncc3F)cc21. The molecule has 3 heterocycles. The molecular weight excluding hydrogens is 503 g/mol. The molecule has 0 spiro atoms. The summed E-state index contributed by atoms with van der Waals surface area (Å²) in [4.78, 5) is 12.4. The molecule has 2 aromatic carbocycles. The molecule has 202 valence electrons. The molecule has 0 saturated heterocycles. The Labute approximate surface area is 218 Å². The van der Waals surface area contributed by atoms with Gasteiger partial charge in [-0.05, 0) is 49.1 Å². The van der Waals surface area contributed by atoms with Crippen LogP contribution in [0.1, 0.15) is 42.8 Å². The highest BCUT2D eigenvalue weighted by atomic mass is 19.4. The summed E-state index contributed by atoms with van der Waals surface area (Å²) in [7, 11) is 0. The van der Waals surface area contributed by atoms with Gasteiger partial charge >= 0.3 is 6.18 Å². The monoisotopic (exact) mass is 532 g/mol. The second-order valence-electron chi connectivity index (χ2n) is 10.1. The van der Waals surface area contributed by atoms with Crippen LogP contribution in [0.5, 0.6) is 5.75 Å². The molecule has 0 saturated carbocycles. The predicted octanol–water partition coefficient (Wildman–Crippen LogP) is 5.93. The third-order valence-electron chi connectivity index (χ3n) is 7.04. The lowest BCUT2D eigenvalue weighted by molar-refractivity contribution is -0.138. The van der Waals surface area contributed by atoms with Gasteiger partial charge in [0.25, 0.3) is 0 Å². The Bertz CT molecular complexity index is 1330. The predicted molar refractivity (Wildman–Crippen MR) is 134 cm³/mol. The lowest BCUT2D eigenvalue weighted by Crippen LogP contribution is -2.38. The Morgan fingerprint density at radius 2 is 1.84 bits per heavy atom. The molecule has 10 heteroatoms. The normalized spacial score (nSPS) is 15.8. The average Bonchev–Trinajstić information content (AvgIpc) is 2.87. The van der Waals surface area contributed by atoms with Crippen LogP contribution in [0.3, 0.4) is 0 Å². The van der Waals surface area contributed by atoms with Crippen molar-refractivity contribution in [3.63, 3.8) is 0 Å². The third-order valence-corrected chi connectivity index (χ3v) is 7.04. The third kappa shape index (κ3) is 5.75. The van der Waals surface area contributed by atoms with Crippen molar-refractivity contribution in [1.82, 2.24) is 14.9 Å². The molecule has 5 rings (SSSR count). The molecule has 0 N–H and O–H groups in total. The zero-order chi connectivity index (χ0) is 27.0. The highest BCUT2D eigenvalue weighted by molar-refractivity contribution is 5.72. The first kappa shape index (κ1) is 26.3. The molecule has 0 bridgehead atoms. The Hall–Kier alpha value is -3.27. The largest absolute Gasteiger partial charge is 0.486 e. The van der Waals surface area contributed by atoms with Crippen LogP contribution in [0.15, 0.2) is 36.5 Å². The topological polar surface area (TPSA) is 41.5 Å². The number of ether oxygens (including phenoxy) is 1. The second-order valence-corrected chi connectivity index (χ2v) is 10.1. The van der Waals surface area contributed by atoms with Gasteiger partial charge in [-0.1, -0.05) is 18.2 Å². The second kappa shape index (κ2) is 10.5. The van der Waals surface area contributed by atoms with E-state index in [0.29, 0.717) is 56.2 Å². The van der Waals surface area contributed by atoms with E-state index in [-0.39, 0.29) is 24.0 Å². The van der Waals surface area contributed by atoms with Gasteiger partial charge in [0.2, 0.25) is 0 Å². The first-order valence-electron chi connectivity index (χ1n) is 12.7. The number of nitrogens with zero attached hydrogens (tertiary/aromatic N) is 4. The highest BCUT2D eigenvalue weighted by Crippen LogP contribution is 2.39. The molecule has 5 nitrogen and oxygen atoms in total. The van der Waals surface area contributed by atoms with Gasteiger partial charge in [-0.3, -0.25) is 4.90 Å². The van der Waals surface area contributed by atoms with E-state index in [1.165, 1.54) is 6.07 Å². The van der Waals surface area contributed by atoms with Crippen LogP contribution in [0.25, 0.3) is 11.3 Å². The molecule has 0 atom stereocenters. The molecule has 0 fully saturated rings. The van der Waals surface area contributed by atoms with E-state index in [0.717, 1.165) is 22.9 Å². The van der Waals surface area contributed by atoms with Gasteiger partial charge in [0, 0.05) is 37.7 Å². The number of anilines is 1. The first-order chi connectivity index (χ1) is 18.1. The molecule has 2 aliphatic rings. The van der Waals surface area contributed by atoms with Crippen LogP contribution in [0.4, 0.5) is 27.6 Å². The number of rotatable bonds is 6. The summed E-state index contributed by atoms with van der Waals surface area (Å²) in [5.41, 5.74) is 3.90. The molecule has 2 aliphatic heterocycles. The van der Waals surface area contributed by atoms with E-state index in [1.54, 1.807) is 6.07 Å². The van der Waals surface area contributed by atoms with Crippen LogP contribution in [0.2, 0.25) is 0 Å². The number of fused-ring (bicyclic) bond motifs is 2. The molecule has 0 unspecified atom stereocenters. The molecule has 3 aromatic rings. The average molecular weight is 533 g/mol. The molecule has 1 aromatic heterocycles. The molecule has 0 aliphatic carbocycles. The summed E-state index contributed by atoms with van der Waals surface area (Å²) in [5.74, 6) is -0.667. The summed E-state index contributed by atoms with van der Waals surface area (Å²) < 4.78 is 73.1. The van der Waals surface area contributed by atoms with Gasteiger partial charge in [0.05, 0.1) is 24.8 Å². The van der Waals surface area contributed by atoms with E-state index in [1.807, 2.05) is 41.8 Å². The zero-order valence-electron chi connectivity index (χ0n) is 21.3. The van der Waals surface area contributed by atoms with Crippen molar-refractivity contribution in [3.8, 4) is 17.0 Å². The Morgan fingerprint density at radius 3 is 2.61 bits per heavy atom. The van der Waals surface area contributed by atoms with E-state index < -0.39 is 24.2 Å². The number of aromatic nitrogens is 2. The van der Waals surface area contributed by atoms with Gasteiger partial charge in [0.15, 0.2) is 17.4 Å². The Morgan fingerprint density at radius 1 is 1.03 bits per heavy atom. The standard InChI is InChI=1S/C28H29F5N4O/c1-17(2)37-9-10-38-27-22(29)13-21(14-24(27)37)26-23(30)15-34-25(35-26)12-18-3-4-20-16-36(7-5-19(20)11-18)8-6-28(31,32)33/h3-4,11,13-15,17H,5-10,12,16H2,1-2H3. The molecule has 0 amide bonds. The van der Waals surface area contributed by atoms with Crippen molar-refractivity contribution in [3.05, 3.63) is 70.7 Å². The van der Waals surface area contributed by atoms with Crippen LogP contribution < -0.4 is 9.64 Å². The number of hydrogen-bond acceptors (Lipinski definition) is 5. The van der Waals surface area contributed by atoms with Crippen LogP contribution >= 0.6 is 0 Å². The highest BCUT2D eigenvalue weighted by Gasteiger charge is 2.29. The minimum Gasteiger partial charge on any atom is -0.486 e. The van der Waals surface area contributed by atoms with Crippen molar-refractivity contribution < 1.29 is 26.7 Å². The van der Waals surface area contributed by atoms with Gasteiger partial charge < -0.3 is 9.64 Å². The van der Waals surface area contributed by atoms with Crippen LogP contribution in [-0.4, -0.2) is 53.3 Å². The zero-order valence-corrected chi connectivity index (χ0v) is 21.3. The maximum Gasteiger partial charge on any atom is 0.390 e. The minimum absolute atomic E-state index is 0.0127. The fourth-order valence-corrected chi connectivity index (χ4v) is 5.10.